The Hall–Kier alpha value is -3.32. The fourth-order valence-corrected chi connectivity index (χ4v) is 5.31. The first kappa shape index (κ1) is 36.9. The SMILES string of the molecule is C=Cc1cccc(C(C(=O)Nc2c(C)cccc2Cl)N(CCCCCCCC)C(=O)C(NC(=O)OC(C)(C)C)C(C)CC)c1. The number of carbonyl (C=O) groups excluding carboxylic acids is 3. The highest BCUT2D eigenvalue weighted by molar-refractivity contribution is 6.34. The molecule has 0 aromatic heterocycles. The summed E-state index contributed by atoms with van der Waals surface area (Å²) in [7, 11) is 0. The van der Waals surface area contributed by atoms with Gasteiger partial charge in [-0.1, -0.05) is 114 Å². The Morgan fingerprint density at radius 2 is 1.68 bits per heavy atom. The van der Waals surface area contributed by atoms with Crippen molar-refractivity contribution in [2.45, 2.75) is 111 Å². The Bertz CT molecular complexity index is 1240. The van der Waals surface area contributed by atoms with Gasteiger partial charge in [-0.3, -0.25) is 9.59 Å². The standard InChI is InChI=1S/C36H52ClN3O4/c1-9-12-13-14-15-16-23-40(34(42)31(25(4)10-2)39-35(43)44-36(6,7)8)32(28-21-18-20-27(11-3)24-28)33(41)38-30-26(5)19-17-22-29(30)37/h11,17-22,24-25,31-32H,3,9-10,12-16,23H2,1-2,4-8H3,(H,38,41)(H,39,43). The highest BCUT2D eigenvalue weighted by Gasteiger charge is 2.38. The minimum absolute atomic E-state index is 0.212. The second kappa shape index (κ2) is 17.8. The molecule has 0 aliphatic rings. The van der Waals surface area contributed by atoms with E-state index in [1.165, 1.54) is 0 Å². The number of carbonyl (C=O) groups is 3. The van der Waals surface area contributed by atoms with Crippen LogP contribution in [-0.2, 0) is 14.3 Å². The number of benzene rings is 2. The number of para-hydroxylation sites is 1. The molecule has 44 heavy (non-hydrogen) atoms. The molecule has 7 nitrogen and oxygen atoms in total. The zero-order valence-electron chi connectivity index (χ0n) is 27.7. The van der Waals surface area contributed by atoms with Gasteiger partial charge in [0.1, 0.15) is 17.7 Å². The quantitative estimate of drug-likeness (QED) is 0.182. The predicted octanol–water partition coefficient (Wildman–Crippen LogP) is 9.10. The summed E-state index contributed by atoms with van der Waals surface area (Å²) >= 11 is 6.51. The maximum atomic E-state index is 14.6. The van der Waals surface area contributed by atoms with Gasteiger partial charge in [-0.05, 0) is 68.9 Å². The summed E-state index contributed by atoms with van der Waals surface area (Å²) in [5.74, 6) is -0.933. The van der Waals surface area contributed by atoms with Gasteiger partial charge in [-0.15, -0.1) is 0 Å². The van der Waals surface area contributed by atoms with E-state index in [1.807, 2.05) is 57.2 Å². The van der Waals surface area contributed by atoms with Crippen molar-refractivity contribution < 1.29 is 19.1 Å². The molecule has 2 N–H and O–H groups in total. The molecule has 2 rings (SSSR count). The smallest absolute Gasteiger partial charge is 0.408 e. The Morgan fingerprint density at radius 1 is 1.02 bits per heavy atom. The van der Waals surface area contributed by atoms with Crippen LogP contribution in [0.1, 0.15) is 109 Å². The number of nitrogens with one attached hydrogen (secondary N) is 2. The van der Waals surface area contributed by atoms with E-state index in [-0.39, 0.29) is 17.7 Å². The Morgan fingerprint density at radius 3 is 2.30 bits per heavy atom. The van der Waals surface area contributed by atoms with Crippen LogP contribution in [0.3, 0.4) is 0 Å². The first-order valence-corrected chi connectivity index (χ1v) is 16.3. The monoisotopic (exact) mass is 625 g/mol. The van der Waals surface area contributed by atoms with Crippen LogP contribution in [0.2, 0.25) is 5.02 Å². The Kier molecular flexibility index (Phi) is 15.0. The molecule has 2 aromatic rings. The third-order valence-electron chi connectivity index (χ3n) is 7.68. The van der Waals surface area contributed by atoms with E-state index in [1.54, 1.807) is 37.8 Å². The Labute approximate surface area is 269 Å². The number of amides is 3. The zero-order chi connectivity index (χ0) is 32.9. The lowest BCUT2D eigenvalue weighted by molar-refractivity contribution is -0.142. The molecule has 0 saturated heterocycles. The number of ether oxygens (including phenoxy) is 1. The summed E-state index contributed by atoms with van der Waals surface area (Å²) in [6.45, 7) is 17.5. The lowest BCUT2D eigenvalue weighted by Gasteiger charge is -2.36. The topological polar surface area (TPSA) is 87.7 Å². The molecule has 3 atom stereocenters. The van der Waals surface area contributed by atoms with E-state index >= 15 is 0 Å². The summed E-state index contributed by atoms with van der Waals surface area (Å²) in [6, 6.07) is 11.0. The summed E-state index contributed by atoms with van der Waals surface area (Å²) < 4.78 is 5.53. The van der Waals surface area contributed by atoms with Gasteiger partial charge >= 0.3 is 6.09 Å². The third-order valence-corrected chi connectivity index (χ3v) is 7.99. The van der Waals surface area contributed by atoms with Gasteiger partial charge in [0.2, 0.25) is 5.91 Å². The molecule has 3 unspecified atom stereocenters. The maximum Gasteiger partial charge on any atom is 0.408 e. The van der Waals surface area contributed by atoms with Gasteiger partial charge in [-0.25, -0.2) is 4.79 Å². The molecule has 0 heterocycles. The van der Waals surface area contributed by atoms with Crippen LogP contribution in [0.15, 0.2) is 49.0 Å². The summed E-state index contributed by atoms with van der Waals surface area (Å²) in [4.78, 5) is 43.5. The number of alkyl carbamates (subject to hydrolysis) is 1. The number of unbranched alkanes of at least 4 members (excludes halogenated alkanes) is 5. The zero-order valence-corrected chi connectivity index (χ0v) is 28.4. The second-order valence-electron chi connectivity index (χ2n) is 12.5. The van der Waals surface area contributed by atoms with Gasteiger partial charge in [0.15, 0.2) is 0 Å². The van der Waals surface area contributed by atoms with E-state index in [9.17, 15) is 14.4 Å². The lowest BCUT2D eigenvalue weighted by Crippen LogP contribution is -2.55. The molecule has 0 bridgehead atoms. The summed E-state index contributed by atoms with van der Waals surface area (Å²) in [5, 5.41) is 6.27. The molecule has 0 spiro atoms. The molecule has 2 aromatic carbocycles. The number of halogens is 1. The average Bonchev–Trinajstić information content (AvgIpc) is 2.97. The van der Waals surface area contributed by atoms with Gasteiger partial charge in [0.25, 0.3) is 5.91 Å². The first-order valence-electron chi connectivity index (χ1n) is 15.9. The number of nitrogens with zero attached hydrogens (tertiary/aromatic N) is 1. The number of hydrogen-bond donors (Lipinski definition) is 2. The maximum absolute atomic E-state index is 14.6. The first-order chi connectivity index (χ1) is 20.8. The molecule has 0 aliphatic carbocycles. The summed E-state index contributed by atoms with van der Waals surface area (Å²) in [5.41, 5.74) is 2.05. The van der Waals surface area contributed by atoms with Crippen molar-refractivity contribution in [3.63, 3.8) is 0 Å². The van der Waals surface area contributed by atoms with Crippen molar-refractivity contribution in [2.75, 3.05) is 11.9 Å². The number of hydrogen-bond acceptors (Lipinski definition) is 4. The molecular formula is C36H52ClN3O4. The van der Waals surface area contributed by atoms with Crippen LogP contribution in [0.4, 0.5) is 10.5 Å². The van der Waals surface area contributed by atoms with Crippen LogP contribution < -0.4 is 10.6 Å². The van der Waals surface area contributed by atoms with Gasteiger partial charge in [-0.2, -0.15) is 0 Å². The highest BCUT2D eigenvalue weighted by Crippen LogP contribution is 2.31. The van der Waals surface area contributed by atoms with E-state index in [4.69, 9.17) is 16.3 Å². The molecular weight excluding hydrogens is 574 g/mol. The fourth-order valence-electron chi connectivity index (χ4n) is 5.04. The van der Waals surface area contributed by atoms with Crippen LogP contribution in [-0.4, -0.2) is 41.0 Å². The van der Waals surface area contributed by atoms with Crippen molar-refractivity contribution >= 4 is 41.3 Å². The minimum atomic E-state index is -0.985. The van der Waals surface area contributed by atoms with Gasteiger partial charge < -0.3 is 20.3 Å². The van der Waals surface area contributed by atoms with Crippen LogP contribution in [0.5, 0.6) is 0 Å². The average molecular weight is 626 g/mol. The van der Waals surface area contributed by atoms with Crippen molar-refractivity contribution in [1.82, 2.24) is 10.2 Å². The highest BCUT2D eigenvalue weighted by atomic mass is 35.5. The van der Waals surface area contributed by atoms with E-state index in [0.717, 1.165) is 43.2 Å². The normalized spacial score (nSPS) is 13.4. The lowest BCUT2D eigenvalue weighted by atomic mass is 9.95. The fraction of sp³-hybridized carbons (Fsp3) is 0.528. The van der Waals surface area contributed by atoms with Crippen molar-refractivity contribution in [3.05, 3.63) is 70.8 Å². The van der Waals surface area contributed by atoms with Gasteiger partial charge in [0.05, 0.1) is 10.7 Å². The molecule has 0 aliphatic heterocycles. The van der Waals surface area contributed by atoms with E-state index in [2.05, 4.69) is 24.1 Å². The second-order valence-corrected chi connectivity index (χ2v) is 12.9. The number of rotatable bonds is 16. The van der Waals surface area contributed by atoms with E-state index in [0.29, 0.717) is 35.7 Å². The molecule has 0 saturated carbocycles. The summed E-state index contributed by atoms with van der Waals surface area (Å²) in [6.07, 6.45) is 7.78. The van der Waals surface area contributed by atoms with Crippen LogP contribution in [0.25, 0.3) is 6.08 Å². The molecule has 3 amide bonds. The predicted molar refractivity (Wildman–Crippen MR) is 182 cm³/mol. The molecule has 242 valence electrons. The van der Waals surface area contributed by atoms with Crippen molar-refractivity contribution in [1.29, 1.82) is 0 Å². The largest absolute Gasteiger partial charge is 0.444 e. The third kappa shape index (κ3) is 11.3. The van der Waals surface area contributed by atoms with Crippen LogP contribution in [0, 0.1) is 12.8 Å². The van der Waals surface area contributed by atoms with Gasteiger partial charge in [0, 0.05) is 6.54 Å². The number of anilines is 1. The van der Waals surface area contributed by atoms with Crippen LogP contribution >= 0.6 is 11.6 Å². The Balaban J connectivity index is 2.61. The van der Waals surface area contributed by atoms with E-state index < -0.39 is 23.8 Å². The molecule has 0 fully saturated rings. The molecule has 0 radical (unpaired) electrons. The number of aryl methyl sites for hydroxylation is 1. The van der Waals surface area contributed by atoms with Crippen molar-refractivity contribution in [2.24, 2.45) is 5.92 Å². The molecule has 8 heteroatoms. The minimum Gasteiger partial charge on any atom is -0.444 e. The van der Waals surface area contributed by atoms with Crippen molar-refractivity contribution in [3.8, 4) is 0 Å².